The van der Waals surface area contributed by atoms with E-state index in [1.807, 2.05) is 24.3 Å². The van der Waals surface area contributed by atoms with Crippen molar-refractivity contribution in [2.75, 3.05) is 13.2 Å². The van der Waals surface area contributed by atoms with Crippen molar-refractivity contribution in [1.82, 2.24) is 5.01 Å². The number of carbonyl (C=O) groups is 1. The molecule has 4 rings (SSSR count). The predicted octanol–water partition coefficient (Wildman–Crippen LogP) is 4.17. The number of benzene rings is 2. The maximum atomic E-state index is 13.2. The summed E-state index contributed by atoms with van der Waals surface area (Å²) in [5, 5.41) is 6.23. The molecule has 1 spiro atoms. The average Bonchev–Trinajstić information content (AvgIpc) is 3.12. The first-order valence-electron chi connectivity index (χ1n) is 9.46. The monoisotopic (exact) mass is 435 g/mol. The topological polar surface area (TPSA) is 67.9 Å². The van der Waals surface area contributed by atoms with Gasteiger partial charge in [0, 0.05) is 24.0 Å². The summed E-state index contributed by atoms with van der Waals surface area (Å²) in [6.45, 7) is 2.11. The van der Waals surface area contributed by atoms with Crippen LogP contribution in [0.2, 0.25) is 0 Å². The van der Waals surface area contributed by atoms with E-state index >= 15 is 0 Å². The SMILES string of the molecule is CC(=O)N1N=C(c2cccc(C(F)(F)F)c2)S[C@@]12c1ccccc1OC[C@H]2CCN. The molecule has 2 aliphatic heterocycles. The summed E-state index contributed by atoms with van der Waals surface area (Å²) >= 11 is 1.29. The highest BCUT2D eigenvalue weighted by atomic mass is 32.2. The number of amides is 1. The van der Waals surface area contributed by atoms with Gasteiger partial charge in [-0.05, 0) is 31.2 Å². The highest BCUT2D eigenvalue weighted by molar-refractivity contribution is 8.15. The average molecular weight is 435 g/mol. The van der Waals surface area contributed by atoms with E-state index in [0.29, 0.717) is 35.9 Å². The van der Waals surface area contributed by atoms with Gasteiger partial charge in [0.05, 0.1) is 12.2 Å². The number of fused-ring (bicyclic) bond motifs is 2. The molecule has 5 nitrogen and oxygen atoms in total. The fourth-order valence-corrected chi connectivity index (χ4v) is 5.49. The largest absolute Gasteiger partial charge is 0.493 e. The third kappa shape index (κ3) is 3.35. The summed E-state index contributed by atoms with van der Waals surface area (Å²) in [6, 6.07) is 12.4. The van der Waals surface area contributed by atoms with Crippen molar-refractivity contribution in [2.24, 2.45) is 16.8 Å². The van der Waals surface area contributed by atoms with Gasteiger partial charge in [-0.2, -0.15) is 18.3 Å². The molecule has 0 bridgehead atoms. The Morgan fingerprint density at radius 1 is 1.30 bits per heavy atom. The molecule has 2 heterocycles. The van der Waals surface area contributed by atoms with Gasteiger partial charge >= 0.3 is 6.18 Å². The van der Waals surface area contributed by atoms with Gasteiger partial charge in [-0.3, -0.25) is 4.79 Å². The molecule has 2 N–H and O–H groups in total. The van der Waals surface area contributed by atoms with Crippen LogP contribution in [-0.2, 0) is 15.8 Å². The van der Waals surface area contributed by atoms with Crippen LogP contribution in [0, 0.1) is 5.92 Å². The smallest absolute Gasteiger partial charge is 0.416 e. The van der Waals surface area contributed by atoms with Crippen LogP contribution in [-0.4, -0.2) is 29.1 Å². The Labute approximate surface area is 176 Å². The Hall–Kier alpha value is -2.52. The van der Waals surface area contributed by atoms with E-state index < -0.39 is 16.6 Å². The molecule has 1 amide bonds. The molecule has 0 saturated heterocycles. The van der Waals surface area contributed by atoms with Gasteiger partial charge in [0.15, 0.2) is 4.87 Å². The Bertz CT molecular complexity index is 1010. The second kappa shape index (κ2) is 7.63. The molecular formula is C21H20F3N3O2S. The maximum absolute atomic E-state index is 13.2. The Kier molecular flexibility index (Phi) is 5.27. The molecule has 2 atom stereocenters. The lowest BCUT2D eigenvalue weighted by Gasteiger charge is -2.45. The molecule has 2 aromatic rings. The first kappa shape index (κ1) is 20.7. The third-order valence-electron chi connectivity index (χ3n) is 5.27. The first-order valence-corrected chi connectivity index (χ1v) is 10.3. The Morgan fingerprint density at radius 2 is 2.07 bits per heavy atom. The van der Waals surface area contributed by atoms with Gasteiger partial charge in [0.2, 0.25) is 5.91 Å². The molecule has 158 valence electrons. The molecule has 0 unspecified atom stereocenters. The number of ether oxygens (including phenoxy) is 1. The fraction of sp³-hybridized carbons (Fsp3) is 0.333. The molecule has 2 aliphatic rings. The lowest BCUT2D eigenvalue weighted by molar-refractivity contribution is -0.137. The zero-order chi connectivity index (χ0) is 21.5. The summed E-state index contributed by atoms with van der Waals surface area (Å²) in [7, 11) is 0. The van der Waals surface area contributed by atoms with Crippen LogP contribution in [0.3, 0.4) is 0 Å². The molecule has 9 heteroatoms. The molecule has 2 aromatic carbocycles. The minimum Gasteiger partial charge on any atom is -0.493 e. The number of hydrazone groups is 1. The van der Waals surface area contributed by atoms with Gasteiger partial charge in [-0.1, -0.05) is 42.1 Å². The minimum absolute atomic E-state index is 0.182. The van der Waals surface area contributed by atoms with Crippen molar-refractivity contribution in [3.05, 3.63) is 65.2 Å². The molecule has 0 fully saturated rings. The van der Waals surface area contributed by atoms with E-state index in [9.17, 15) is 18.0 Å². The van der Waals surface area contributed by atoms with Crippen LogP contribution < -0.4 is 10.5 Å². The molecule has 30 heavy (non-hydrogen) atoms. The number of alkyl halides is 3. The molecule has 0 saturated carbocycles. The van der Waals surface area contributed by atoms with Crippen LogP contribution >= 0.6 is 11.8 Å². The van der Waals surface area contributed by atoms with Crippen molar-refractivity contribution in [2.45, 2.75) is 24.4 Å². The van der Waals surface area contributed by atoms with Gasteiger partial charge in [0.1, 0.15) is 10.8 Å². The number of para-hydroxylation sites is 1. The fourth-order valence-electron chi connectivity index (χ4n) is 3.94. The summed E-state index contributed by atoms with van der Waals surface area (Å²) < 4.78 is 45.6. The van der Waals surface area contributed by atoms with Crippen molar-refractivity contribution in [3.63, 3.8) is 0 Å². The van der Waals surface area contributed by atoms with Crippen LogP contribution in [0.1, 0.15) is 30.0 Å². The number of halogens is 3. The summed E-state index contributed by atoms with van der Waals surface area (Å²) in [5.74, 6) is 0.145. The van der Waals surface area contributed by atoms with E-state index in [-0.39, 0.29) is 11.8 Å². The number of nitrogens with two attached hydrogens (primary N) is 1. The minimum atomic E-state index is -4.47. The molecular weight excluding hydrogens is 415 g/mol. The normalized spacial score (nSPS) is 23.2. The first-order chi connectivity index (χ1) is 14.3. The van der Waals surface area contributed by atoms with E-state index in [4.69, 9.17) is 10.5 Å². The molecule has 0 aromatic heterocycles. The van der Waals surface area contributed by atoms with Crippen LogP contribution in [0.25, 0.3) is 0 Å². The standard InChI is InChI=1S/C21H20F3N3O2S/c1-13(28)27-20(16(9-10-25)12-29-18-8-3-2-7-17(18)20)30-19(26-27)14-5-4-6-15(11-14)21(22,23)24/h2-8,11,16H,9-10,12,25H2,1H3/t16-,20+/m1/s1. The Balaban J connectivity index is 1.85. The number of carbonyl (C=O) groups excluding carboxylic acids is 1. The molecule has 0 radical (unpaired) electrons. The van der Waals surface area contributed by atoms with Crippen molar-refractivity contribution in [1.29, 1.82) is 0 Å². The predicted molar refractivity (Wildman–Crippen MR) is 109 cm³/mol. The second-order valence-corrected chi connectivity index (χ2v) is 8.41. The van der Waals surface area contributed by atoms with E-state index in [1.165, 1.54) is 29.8 Å². The van der Waals surface area contributed by atoms with E-state index in [1.54, 1.807) is 6.07 Å². The summed E-state index contributed by atoms with van der Waals surface area (Å²) in [5.41, 5.74) is 6.15. The number of thioether (sulfide) groups is 1. The lowest BCUT2D eigenvalue weighted by atomic mass is 9.86. The van der Waals surface area contributed by atoms with Gasteiger partial charge < -0.3 is 10.5 Å². The zero-order valence-electron chi connectivity index (χ0n) is 16.1. The quantitative estimate of drug-likeness (QED) is 0.786. The van der Waals surface area contributed by atoms with Crippen LogP contribution in [0.5, 0.6) is 5.75 Å². The van der Waals surface area contributed by atoms with Crippen LogP contribution in [0.4, 0.5) is 13.2 Å². The highest BCUT2D eigenvalue weighted by Crippen LogP contribution is 2.57. The highest BCUT2D eigenvalue weighted by Gasteiger charge is 2.56. The van der Waals surface area contributed by atoms with Crippen LogP contribution in [0.15, 0.2) is 53.6 Å². The van der Waals surface area contributed by atoms with Crippen molar-refractivity contribution < 1.29 is 22.7 Å². The number of hydrogen-bond acceptors (Lipinski definition) is 5. The number of nitrogens with zero attached hydrogens (tertiary/aromatic N) is 2. The second-order valence-electron chi connectivity index (χ2n) is 7.19. The number of hydrogen-bond donors (Lipinski definition) is 1. The maximum Gasteiger partial charge on any atom is 0.416 e. The van der Waals surface area contributed by atoms with Gasteiger partial charge in [-0.25, -0.2) is 5.01 Å². The lowest BCUT2D eigenvalue weighted by Crippen LogP contribution is -2.51. The van der Waals surface area contributed by atoms with Gasteiger partial charge in [0.25, 0.3) is 0 Å². The third-order valence-corrected chi connectivity index (χ3v) is 6.82. The Morgan fingerprint density at radius 3 is 2.77 bits per heavy atom. The summed E-state index contributed by atoms with van der Waals surface area (Å²) in [4.78, 5) is 11.7. The van der Waals surface area contributed by atoms with Gasteiger partial charge in [-0.15, -0.1) is 0 Å². The van der Waals surface area contributed by atoms with Crippen molar-refractivity contribution in [3.8, 4) is 5.75 Å². The molecule has 0 aliphatic carbocycles. The zero-order valence-corrected chi connectivity index (χ0v) is 17.0. The van der Waals surface area contributed by atoms with E-state index in [2.05, 4.69) is 5.10 Å². The van der Waals surface area contributed by atoms with E-state index in [0.717, 1.165) is 17.7 Å². The van der Waals surface area contributed by atoms with Crippen molar-refractivity contribution >= 4 is 22.7 Å². The number of rotatable bonds is 3. The summed E-state index contributed by atoms with van der Waals surface area (Å²) in [6.07, 6.45) is -3.90.